The number of benzene rings is 2. The summed E-state index contributed by atoms with van der Waals surface area (Å²) in [6, 6.07) is 9.64. The Bertz CT molecular complexity index is 1130. The average Bonchev–Trinajstić information content (AvgIpc) is 3.15. The summed E-state index contributed by atoms with van der Waals surface area (Å²) in [6.07, 6.45) is 4.08. The van der Waals surface area contributed by atoms with Crippen LogP contribution in [0.15, 0.2) is 41.3 Å². The fourth-order valence-corrected chi connectivity index (χ4v) is 5.49. The minimum Gasteiger partial charge on any atom is -0.492 e. The van der Waals surface area contributed by atoms with Crippen molar-refractivity contribution in [3.63, 3.8) is 0 Å². The van der Waals surface area contributed by atoms with Crippen molar-refractivity contribution < 1.29 is 27.4 Å². The first-order chi connectivity index (χ1) is 16.3. The first-order valence-electron chi connectivity index (χ1n) is 11.8. The zero-order valence-corrected chi connectivity index (χ0v) is 20.4. The third kappa shape index (κ3) is 5.82. The maximum absolute atomic E-state index is 13.0. The highest BCUT2D eigenvalue weighted by Gasteiger charge is 2.29. The molecule has 34 heavy (non-hydrogen) atoms. The zero-order valence-electron chi connectivity index (χ0n) is 19.6. The molecule has 0 fully saturated rings. The standard InChI is InChI=1S/C25H32N2O6S/c1-17(2)24(25(28)26-11-14-31-20-8-7-18-5-3-6-19(18)15-20)27-34(29,30)21-9-10-22-23(16-21)33-13-4-12-32-22/h7-10,15-17,24,27H,3-6,11-14H2,1-2H3,(H,26,28). The maximum Gasteiger partial charge on any atom is 0.241 e. The van der Waals surface area contributed by atoms with Crippen molar-refractivity contribution in [2.75, 3.05) is 26.4 Å². The molecule has 1 aliphatic heterocycles. The molecule has 0 aromatic heterocycles. The monoisotopic (exact) mass is 488 g/mol. The summed E-state index contributed by atoms with van der Waals surface area (Å²) in [5.74, 6) is 1.02. The fraction of sp³-hybridized carbons (Fsp3) is 0.480. The van der Waals surface area contributed by atoms with Gasteiger partial charge in [0.05, 0.1) is 24.7 Å². The summed E-state index contributed by atoms with van der Waals surface area (Å²) >= 11 is 0. The number of carbonyl (C=O) groups is 1. The van der Waals surface area contributed by atoms with Crippen molar-refractivity contribution in [2.24, 2.45) is 5.92 Å². The number of nitrogens with one attached hydrogen (secondary N) is 2. The van der Waals surface area contributed by atoms with E-state index in [4.69, 9.17) is 14.2 Å². The average molecular weight is 489 g/mol. The van der Waals surface area contributed by atoms with Crippen molar-refractivity contribution in [2.45, 2.75) is 50.5 Å². The normalized spacial score (nSPS) is 16.0. The molecule has 1 heterocycles. The van der Waals surface area contributed by atoms with Gasteiger partial charge in [0.2, 0.25) is 15.9 Å². The van der Waals surface area contributed by atoms with Gasteiger partial charge in [-0.25, -0.2) is 8.42 Å². The third-order valence-corrected chi connectivity index (χ3v) is 7.44. The lowest BCUT2D eigenvalue weighted by molar-refractivity contribution is -0.123. The SMILES string of the molecule is CC(C)C(NS(=O)(=O)c1ccc2c(c1)OCCCO2)C(=O)NCCOc1ccc2c(c1)CCC2. The van der Waals surface area contributed by atoms with E-state index in [-0.39, 0.29) is 17.4 Å². The van der Waals surface area contributed by atoms with Crippen LogP contribution in [0.3, 0.4) is 0 Å². The molecule has 1 aliphatic carbocycles. The Balaban J connectivity index is 1.34. The van der Waals surface area contributed by atoms with Gasteiger partial charge in [0.1, 0.15) is 18.4 Å². The number of fused-ring (bicyclic) bond motifs is 2. The van der Waals surface area contributed by atoms with E-state index < -0.39 is 22.0 Å². The Morgan fingerprint density at radius 2 is 1.76 bits per heavy atom. The van der Waals surface area contributed by atoms with E-state index in [0.717, 1.165) is 25.0 Å². The molecule has 2 aromatic rings. The molecular weight excluding hydrogens is 456 g/mol. The van der Waals surface area contributed by atoms with Crippen molar-refractivity contribution in [3.8, 4) is 17.2 Å². The van der Waals surface area contributed by atoms with Gasteiger partial charge in [0, 0.05) is 12.5 Å². The van der Waals surface area contributed by atoms with Crippen LogP contribution in [0.5, 0.6) is 17.2 Å². The number of rotatable bonds is 9. The predicted molar refractivity (Wildman–Crippen MR) is 128 cm³/mol. The largest absolute Gasteiger partial charge is 0.492 e. The molecule has 0 radical (unpaired) electrons. The van der Waals surface area contributed by atoms with Gasteiger partial charge >= 0.3 is 0 Å². The minimum absolute atomic E-state index is 0.0233. The predicted octanol–water partition coefficient (Wildman–Crippen LogP) is 2.83. The maximum atomic E-state index is 13.0. The van der Waals surface area contributed by atoms with Crippen molar-refractivity contribution in [3.05, 3.63) is 47.5 Å². The molecule has 1 atom stereocenters. The van der Waals surface area contributed by atoms with Gasteiger partial charge in [-0.2, -0.15) is 4.72 Å². The molecule has 2 aliphatic rings. The molecular formula is C25H32N2O6S. The van der Waals surface area contributed by atoms with Crippen LogP contribution in [0.25, 0.3) is 0 Å². The van der Waals surface area contributed by atoms with Crippen LogP contribution in [0.4, 0.5) is 0 Å². The Morgan fingerprint density at radius 3 is 2.56 bits per heavy atom. The number of amides is 1. The summed E-state index contributed by atoms with van der Waals surface area (Å²) in [6.45, 7) is 5.12. The van der Waals surface area contributed by atoms with Crippen molar-refractivity contribution in [1.29, 1.82) is 0 Å². The van der Waals surface area contributed by atoms with Gasteiger partial charge in [0.25, 0.3) is 0 Å². The molecule has 9 heteroatoms. The fourth-order valence-electron chi connectivity index (χ4n) is 4.13. The zero-order chi connectivity index (χ0) is 24.1. The third-order valence-electron chi connectivity index (χ3n) is 6.00. The second-order valence-electron chi connectivity index (χ2n) is 8.93. The van der Waals surface area contributed by atoms with E-state index in [0.29, 0.717) is 31.3 Å². The lowest BCUT2D eigenvalue weighted by Crippen LogP contribution is -2.50. The number of carbonyl (C=O) groups excluding carboxylic acids is 1. The lowest BCUT2D eigenvalue weighted by Gasteiger charge is -2.22. The number of ether oxygens (including phenoxy) is 3. The number of sulfonamides is 1. The molecule has 8 nitrogen and oxygen atoms in total. The van der Waals surface area contributed by atoms with E-state index in [9.17, 15) is 13.2 Å². The highest BCUT2D eigenvalue weighted by molar-refractivity contribution is 7.89. The highest BCUT2D eigenvalue weighted by Crippen LogP contribution is 2.32. The van der Waals surface area contributed by atoms with Crippen molar-refractivity contribution in [1.82, 2.24) is 10.0 Å². The van der Waals surface area contributed by atoms with E-state index in [1.54, 1.807) is 19.9 Å². The summed E-state index contributed by atoms with van der Waals surface area (Å²) in [7, 11) is -3.95. The summed E-state index contributed by atoms with van der Waals surface area (Å²) in [4.78, 5) is 12.8. The van der Waals surface area contributed by atoms with Crippen LogP contribution < -0.4 is 24.2 Å². The quantitative estimate of drug-likeness (QED) is 0.526. The molecule has 0 spiro atoms. The number of aryl methyl sites for hydroxylation is 2. The molecule has 0 bridgehead atoms. The smallest absolute Gasteiger partial charge is 0.241 e. The van der Waals surface area contributed by atoms with Crippen LogP contribution >= 0.6 is 0 Å². The van der Waals surface area contributed by atoms with E-state index in [1.165, 1.54) is 29.7 Å². The molecule has 1 amide bonds. The van der Waals surface area contributed by atoms with Gasteiger partial charge in [-0.3, -0.25) is 4.79 Å². The number of hydrogen-bond donors (Lipinski definition) is 2. The molecule has 184 valence electrons. The molecule has 0 saturated carbocycles. The topological polar surface area (TPSA) is 103 Å². The Kier molecular flexibility index (Phi) is 7.63. The van der Waals surface area contributed by atoms with Gasteiger partial charge in [-0.15, -0.1) is 0 Å². The van der Waals surface area contributed by atoms with Crippen LogP contribution in [-0.4, -0.2) is 46.7 Å². The van der Waals surface area contributed by atoms with E-state index in [2.05, 4.69) is 22.2 Å². The van der Waals surface area contributed by atoms with Crippen LogP contribution in [0.1, 0.15) is 37.8 Å². The van der Waals surface area contributed by atoms with Crippen molar-refractivity contribution >= 4 is 15.9 Å². The first kappa shape index (κ1) is 24.3. The van der Waals surface area contributed by atoms with Gasteiger partial charge in [0.15, 0.2) is 11.5 Å². The summed E-state index contributed by atoms with van der Waals surface area (Å²) < 4.78 is 45.5. The highest BCUT2D eigenvalue weighted by atomic mass is 32.2. The van der Waals surface area contributed by atoms with Gasteiger partial charge < -0.3 is 19.5 Å². The molecule has 4 rings (SSSR count). The van der Waals surface area contributed by atoms with Crippen LogP contribution in [-0.2, 0) is 27.7 Å². The summed E-state index contributed by atoms with van der Waals surface area (Å²) in [5, 5.41) is 2.78. The molecule has 1 unspecified atom stereocenters. The Morgan fingerprint density at radius 1 is 1.00 bits per heavy atom. The second kappa shape index (κ2) is 10.7. The summed E-state index contributed by atoms with van der Waals surface area (Å²) in [5.41, 5.74) is 2.70. The van der Waals surface area contributed by atoms with E-state index in [1.807, 2.05) is 6.07 Å². The molecule has 2 N–H and O–H groups in total. The molecule has 2 aromatic carbocycles. The lowest BCUT2D eigenvalue weighted by atomic mass is 10.1. The first-order valence-corrected chi connectivity index (χ1v) is 13.3. The van der Waals surface area contributed by atoms with E-state index >= 15 is 0 Å². The Hall–Kier alpha value is -2.78. The van der Waals surface area contributed by atoms with Gasteiger partial charge in [-0.1, -0.05) is 19.9 Å². The second-order valence-corrected chi connectivity index (χ2v) is 10.6. The van der Waals surface area contributed by atoms with Gasteiger partial charge in [-0.05, 0) is 60.6 Å². The number of hydrogen-bond acceptors (Lipinski definition) is 6. The minimum atomic E-state index is -3.95. The molecule has 0 saturated heterocycles. The Labute approximate surface area is 201 Å². The van der Waals surface area contributed by atoms with Crippen LogP contribution in [0.2, 0.25) is 0 Å². The van der Waals surface area contributed by atoms with Crippen LogP contribution in [0, 0.1) is 5.92 Å².